The van der Waals surface area contributed by atoms with E-state index in [1.807, 2.05) is 66.7 Å². The first-order chi connectivity index (χ1) is 20.0. The van der Waals surface area contributed by atoms with E-state index in [0.29, 0.717) is 27.8 Å². The number of nitrogens with zero attached hydrogens (tertiary/aromatic N) is 2. The smallest absolute Gasteiger partial charge is 0.256 e. The molecular formula is C33H33BrN4O3. The molecule has 0 saturated carbocycles. The zero-order valence-corrected chi connectivity index (χ0v) is 24.6. The summed E-state index contributed by atoms with van der Waals surface area (Å²) in [6.07, 6.45) is 0.734. The average Bonchev–Trinajstić information content (AvgIpc) is 3.02. The molecule has 0 atom stereocenters. The zero-order valence-electron chi connectivity index (χ0n) is 23.0. The first-order valence-electron chi connectivity index (χ1n) is 13.7. The largest absolute Gasteiger partial charge is 0.495 e. The van der Waals surface area contributed by atoms with Crippen LogP contribution in [0.1, 0.15) is 26.3 Å². The molecule has 1 fully saturated rings. The number of rotatable bonds is 9. The number of hydrogen-bond acceptors (Lipinski definition) is 5. The third-order valence-electron chi connectivity index (χ3n) is 7.21. The lowest BCUT2D eigenvalue weighted by atomic mass is 10.1. The summed E-state index contributed by atoms with van der Waals surface area (Å²) < 4.78 is 6.28. The first-order valence-corrected chi connectivity index (χ1v) is 14.5. The van der Waals surface area contributed by atoms with Crippen molar-refractivity contribution in [3.63, 3.8) is 0 Å². The summed E-state index contributed by atoms with van der Waals surface area (Å²) in [5, 5.41) is 6.04. The summed E-state index contributed by atoms with van der Waals surface area (Å²) in [4.78, 5) is 31.1. The predicted octanol–water partition coefficient (Wildman–Crippen LogP) is 6.01. The van der Waals surface area contributed by atoms with Crippen LogP contribution in [-0.4, -0.2) is 51.6 Å². The Labute approximate surface area is 249 Å². The van der Waals surface area contributed by atoms with Crippen molar-refractivity contribution >= 4 is 44.8 Å². The van der Waals surface area contributed by atoms with Gasteiger partial charge < -0.3 is 25.2 Å². The molecular weight excluding hydrogens is 580 g/mol. The van der Waals surface area contributed by atoms with Crippen LogP contribution >= 0.6 is 15.9 Å². The van der Waals surface area contributed by atoms with Crippen molar-refractivity contribution in [2.75, 3.05) is 55.0 Å². The molecule has 2 amide bonds. The minimum absolute atomic E-state index is 0.167. The highest BCUT2D eigenvalue weighted by molar-refractivity contribution is 9.10. The molecule has 2 N–H and O–H groups in total. The summed E-state index contributed by atoms with van der Waals surface area (Å²) >= 11 is 3.45. The summed E-state index contributed by atoms with van der Waals surface area (Å²) in [5.41, 5.74) is 4.70. The lowest BCUT2D eigenvalue weighted by Gasteiger charge is -2.38. The number of hydrogen-bond donors (Lipinski definition) is 2. The monoisotopic (exact) mass is 612 g/mol. The van der Waals surface area contributed by atoms with Crippen molar-refractivity contribution < 1.29 is 14.3 Å². The van der Waals surface area contributed by atoms with Gasteiger partial charge in [-0.3, -0.25) is 9.59 Å². The molecule has 0 unspecified atom stereocenters. The Hall–Kier alpha value is -4.30. The second-order valence-electron chi connectivity index (χ2n) is 9.80. The van der Waals surface area contributed by atoms with Gasteiger partial charge >= 0.3 is 0 Å². The summed E-state index contributed by atoms with van der Waals surface area (Å²) in [6, 6.07) is 30.9. The second-order valence-corrected chi connectivity index (χ2v) is 10.7. The topological polar surface area (TPSA) is 73.9 Å². The molecule has 7 nitrogen and oxygen atoms in total. The van der Waals surface area contributed by atoms with Gasteiger partial charge in [0.25, 0.3) is 11.8 Å². The van der Waals surface area contributed by atoms with Gasteiger partial charge in [0, 0.05) is 48.6 Å². The van der Waals surface area contributed by atoms with Crippen LogP contribution in [0.4, 0.5) is 17.1 Å². The first kappa shape index (κ1) is 28.2. The third kappa shape index (κ3) is 6.89. The van der Waals surface area contributed by atoms with Crippen LogP contribution in [0.3, 0.4) is 0 Å². The molecule has 1 heterocycles. The van der Waals surface area contributed by atoms with Crippen molar-refractivity contribution in [1.82, 2.24) is 5.32 Å². The van der Waals surface area contributed by atoms with E-state index in [9.17, 15) is 9.59 Å². The molecule has 210 valence electrons. The number of halogens is 1. The van der Waals surface area contributed by atoms with Crippen LogP contribution in [-0.2, 0) is 6.42 Å². The lowest BCUT2D eigenvalue weighted by molar-refractivity contribution is 0.0953. The Bertz CT molecular complexity index is 1500. The molecule has 0 spiro atoms. The molecule has 1 saturated heterocycles. The molecule has 8 heteroatoms. The van der Waals surface area contributed by atoms with Crippen LogP contribution in [0.2, 0.25) is 0 Å². The second kappa shape index (κ2) is 13.4. The maximum atomic E-state index is 13.5. The van der Waals surface area contributed by atoms with E-state index in [4.69, 9.17) is 4.74 Å². The number of benzene rings is 4. The van der Waals surface area contributed by atoms with E-state index in [1.165, 1.54) is 0 Å². The standard InChI is InChI=1S/C33H33BrN4O3/c1-41-31-14-8-7-13-30(31)38-21-19-37(20-22-38)29-16-15-25(36-33(40)26-11-5-6-12-28(26)34)23-27(29)32(39)35-18-17-24-9-3-2-4-10-24/h2-16,23H,17-22H2,1H3,(H,35,39)(H,36,40). The molecule has 0 radical (unpaired) electrons. The zero-order chi connectivity index (χ0) is 28.6. The highest BCUT2D eigenvalue weighted by Gasteiger charge is 2.24. The van der Waals surface area contributed by atoms with Crippen LogP contribution in [0.25, 0.3) is 0 Å². The SMILES string of the molecule is COc1ccccc1N1CCN(c2ccc(NC(=O)c3ccccc3Br)cc2C(=O)NCCc2ccccc2)CC1. The molecule has 0 bridgehead atoms. The van der Waals surface area contributed by atoms with E-state index >= 15 is 0 Å². The van der Waals surface area contributed by atoms with E-state index in [2.05, 4.69) is 54.6 Å². The maximum Gasteiger partial charge on any atom is 0.256 e. The van der Waals surface area contributed by atoms with Crippen LogP contribution < -0.4 is 25.2 Å². The van der Waals surface area contributed by atoms with Crippen LogP contribution in [0.5, 0.6) is 5.75 Å². The third-order valence-corrected chi connectivity index (χ3v) is 7.90. The van der Waals surface area contributed by atoms with E-state index in [0.717, 1.165) is 55.3 Å². The molecule has 5 rings (SSSR count). The summed E-state index contributed by atoms with van der Waals surface area (Å²) in [5.74, 6) is 0.441. The van der Waals surface area contributed by atoms with Crippen LogP contribution in [0.15, 0.2) is 102 Å². The number of methoxy groups -OCH3 is 1. The van der Waals surface area contributed by atoms with Gasteiger partial charge in [-0.1, -0.05) is 54.6 Å². The van der Waals surface area contributed by atoms with Crippen molar-refractivity contribution in [2.24, 2.45) is 0 Å². The van der Waals surface area contributed by atoms with Crippen molar-refractivity contribution in [3.05, 3.63) is 118 Å². The van der Waals surface area contributed by atoms with Crippen molar-refractivity contribution in [3.8, 4) is 5.75 Å². The minimum Gasteiger partial charge on any atom is -0.495 e. The fourth-order valence-corrected chi connectivity index (χ4v) is 5.52. The highest BCUT2D eigenvalue weighted by Crippen LogP contribution is 2.31. The van der Waals surface area contributed by atoms with Gasteiger partial charge in [0.05, 0.1) is 23.9 Å². The molecule has 1 aliphatic rings. The van der Waals surface area contributed by atoms with E-state index in [-0.39, 0.29) is 11.8 Å². The van der Waals surface area contributed by atoms with Crippen molar-refractivity contribution in [1.29, 1.82) is 0 Å². The fraction of sp³-hybridized carbons (Fsp3) is 0.212. The minimum atomic E-state index is -0.244. The number of carbonyl (C=O) groups is 2. The summed E-state index contributed by atoms with van der Waals surface area (Å²) in [7, 11) is 1.69. The number of amides is 2. The van der Waals surface area contributed by atoms with Gasteiger partial charge in [0.1, 0.15) is 5.75 Å². The summed E-state index contributed by atoms with van der Waals surface area (Å²) in [6.45, 7) is 3.57. The van der Waals surface area contributed by atoms with Gasteiger partial charge in [0.2, 0.25) is 0 Å². The van der Waals surface area contributed by atoms with Crippen molar-refractivity contribution in [2.45, 2.75) is 6.42 Å². The fourth-order valence-electron chi connectivity index (χ4n) is 5.05. The molecule has 1 aliphatic heterocycles. The van der Waals surface area contributed by atoms with Gasteiger partial charge in [-0.25, -0.2) is 0 Å². The Kier molecular flexibility index (Phi) is 9.21. The van der Waals surface area contributed by atoms with E-state index < -0.39 is 0 Å². The molecule has 4 aromatic carbocycles. The predicted molar refractivity (Wildman–Crippen MR) is 168 cm³/mol. The van der Waals surface area contributed by atoms with Crippen LogP contribution in [0, 0.1) is 0 Å². The lowest BCUT2D eigenvalue weighted by Crippen LogP contribution is -2.47. The Morgan fingerprint density at radius 1 is 0.756 bits per heavy atom. The molecule has 4 aromatic rings. The number of ether oxygens (including phenoxy) is 1. The van der Waals surface area contributed by atoms with E-state index in [1.54, 1.807) is 19.2 Å². The van der Waals surface area contributed by atoms with Gasteiger partial charge in [-0.2, -0.15) is 0 Å². The molecule has 41 heavy (non-hydrogen) atoms. The Balaban J connectivity index is 1.35. The molecule has 0 aliphatic carbocycles. The molecule has 0 aromatic heterocycles. The normalized spacial score (nSPS) is 13.0. The average molecular weight is 614 g/mol. The Morgan fingerprint density at radius 3 is 2.15 bits per heavy atom. The maximum absolute atomic E-state index is 13.5. The van der Waals surface area contributed by atoms with Gasteiger partial charge in [0.15, 0.2) is 0 Å². The van der Waals surface area contributed by atoms with Gasteiger partial charge in [-0.05, 0) is 70.4 Å². The quantitative estimate of drug-likeness (QED) is 0.242. The number of nitrogens with one attached hydrogen (secondary N) is 2. The highest BCUT2D eigenvalue weighted by atomic mass is 79.9. The number of anilines is 3. The van der Waals surface area contributed by atoms with Gasteiger partial charge in [-0.15, -0.1) is 0 Å². The number of para-hydroxylation sites is 2. The number of piperazine rings is 1. The number of carbonyl (C=O) groups excluding carboxylic acids is 2. The Morgan fingerprint density at radius 2 is 1.41 bits per heavy atom.